The number of pyridine rings is 1. The minimum absolute atomic E-state index is 0. The molecule has 0 spiro atoms. The number of aryl methyl sites for hydroxylation is 2. The summed E-state index contributed by atoms with van der Waals surface area (Å²) in [5.74, 6) is 0.547. The Kier molecular flexibility index (Phi) is 12.3. The van der Waals surface area contributed by atoms with Crippen molar-refractivity contribution < 1.29 is 30.0 Å². The molecule has 5 rings (SSSR count). The van der Waals surface area contributed by atoms with Gasteiger partial charge in [0.2, 0.25) is 0 Å². The molecule has 0 saturated heterocycles. The van der Waals surface area contributed by atoms with Gasteiger partial charge in [-0.25, -0.2) is 0 Å². The van der Waals surface area contributed by atoms with Crippen molar-refractivity contribution in [2.45, 2.75) is 94.4 Å². The van der Waals surface area contributed by atoms with Crippen LogP contribution in [0.5, 0.6) is 0 Å². The first-order valence-electron chi connectivity index (χ1n) is 15.9. The minimum atomic E-state index is 0. The van der Waals surface area contributed by atoms with E-state index >= 15 is 0 Å². The van der Waals surface area contributed by atoms with E-state index in [1.165, 1.54) is 53.7 Å². The number of aromatic nitrogens is 1. The van der Waals surface area contributed by atoms with Gasteiger partial charge in [-0.05, 0) is 66.3 Å². The third-order valence-electron chi connectivity index (χ3n) is 8.74. The summed E-state index contributed by atoms with van der Waals surface area (Å²) in [5.41, 5.74) is 3.96. The van der Waals surface area contributed by atoms with Crippen LogP contribution in [0.3, 0.4) is 0 Å². The first kappa shape index (κ1) is 35.9. The van der Waals surface area contributed by atoms with Gasteiger partial charge in [0.25, 0.3) is 0 Å². The fraction of sp³-hybridized carbons (Fsp3) is 0.436. The molecule has 3 nitrogen and oxygen atoms in total. The summed E-state index contributed by atoms with van der Waals surface area (Å²) in [4.78, 5) is 18.1. The van der Waals surface area contributed by atoms with E-state index in [9.17, 15) is 9.90 Å². The average Bonchev–Trinajstić information content (AvgIpc) is 3.28. The van der Waals surface area contributed by atoms with Gasteiger partial charge in [0.05, 0.1) is 10.5 Å². The number of hydrogen-bond acceptors (Lipinski definition) is 4. The van der Waals surface area contributed by atoms with Crippen LogP contribution in [0.2, 0.25) is 0 Å². The SMILES string of the molecule is CCC(CC)C(=O)/C=C(\O)C(CC)CC.Cc1[c-]c2c(ccc3c2ncc2sc(CC(C)(C)C)c(C)c23)c2ccccc12.[Ir]. The summed E-state index contributed by atoms with van der Waals surface area (Å²) in [6.07, 6.45) is 8.08. The molecule has 1 N–H and O–H groups in total. The number of nitrogens with zero attached hydrogens (tertiary/aromatic N) is 1. The van der Waals surface area contributed by atoms with Gasteiger partial charge in [-0.15, -0.1) is 28.4 Å². The quantitative estimate of drug-likeness (QED) is 0.0738. The van der Waals surface area contributed by atoms with Crippen LogP contribution in [-0.2, 0) is 31.3 Å². The molecule has 0 aliphatic rings. The van der Waals surface area contributed by atoms with Crippen molar-refractivity contribution in [1.82, 2.24) is 4.98 Å². The zero-order chi connectivity index (χ0) is 31.5. The summed E-state index contributed by atoms with van der Waals surface area (Å²) in [7, 11) is 0. The number of aliphatic hydroxyl groups is 1. The third-order valence-corrected chi connectivity index (χ3v) is 9.96. The van der Waals surface area contributed by atoms with Crippen molar-refractivity contribution >= 4 is 59.7 Å². The number of thiophene rings is 1. The number of ketones is 1. The molecule has 5 aromatic rings. The Hall–Kier alpha value is -2.59. The largest absolute Gasteiger partial charge is 0.512 e. The van der Waals surface area contributed by atoms with E-state index in [1.807, 2.05) is 39.0 Å². The molecule has 1 radical (unpaired) electrons. The molecular weight excluding hydrogens is 739 g/mol. The van der Waals surface area contributed by atoms with Crippen LogP contribution >= 0.6 is 11.3 Å². The molecule has 3 aromatic carbocycles. The van der Waals surface area contributed by atoms with Crippen molar-refractivity contribution in [3.05, 3.63) is 76.5 Å². The second-order valence-corrected chi connectivity index (χ2v) is 14.2. The number of fused-ring (bicyclic) bond motifs is 7. The molecule has 0 fully saturated rings. The Balaban J connectivity index is 0.000000286. The summed E-state index contributed by atoms with van der Waals surface area (Å²) in [6.45, 7) is 19.4. The summed E-state index contributed by atoms with van der Waals surface area (Å²) < 4.78 is 1.29. The monoisotopic (exact) mass is 787 g/mol. The summed E-state index contributed by atoms with van der Waals surface area (Å²) in [5, 5.41) is 17.3. The Morgan fingerprint density at radius 1 is 0.909 bits per heavy atom. The second kappa shape index (κ2) is 15.1. The van der Waals surface area contributed by atoms with Crippen LogP contribution < -0.4 is 0 Å². The Morgan fingerprint density at radius 2 is 1.50 bits per heavy atom. The molecule has 44 heavy (non-hydrogen) atoms. The Bertz CT molecular complexity index is 1790. The molecule has 2 aromatic heterocycles. The Morgan fingerprint density at radius 3 is 2.09 bits per heavy atom. The molecule has 0 atom stereocenters. The summed E-state index contributed by atoms with van der Waals surface area (Å²) >= 11 is 1.90. The van der Waals surface area contributed by atoms with E-state index < -0.39 is 0 Å². The predicted molar refractivity (Wildman–Crippen MR) is 187 cm³/mol. The zero-order valence-corrected chi connectivity index (χ0v) is 31.1. The molecule has 237 valence electrons. The van der Waals surface area contributed by atoms with E-state index in [0.717, 1.165) is 43.0 Å². The van der Waals surface area contributed by atoms with E-state index in [4.69, 9.17) is 4.98 Å². The molecule has 2 heterocycles. The van der Waals surface area contributed by atoms with Gasteiger partial charge in [-0.1, -0.05) is 108 Å². The molecule has 0 bridgehead atoms. The molecule has 0 amide bonds. The van der Waals surface area contributed by atoms with E-state index in [-0.39, 0.29) is 48.9 Å². The zero-order valence-electron chi connectivity index (χ0n) is 27.9. The fourth-order valence-electron chi connectivity index (χ4n) is 6.14. The summed E-state index contributed by atoms with van der Waals surface area (Å²) in [6, 6.07) is 16.8. The van der Waals surface area contributed by atoms with Gasteiger partial charge >= 0.3 is 0 Å². The van der Waals surface area contributed by atoms with Crippen LogP contribution in [0, 0.1) is 37.2 Å². The normalized spacial score (nSPS) is 12.3. The number of benzene rings is 3. The maximum atomic E-state index is 11.7. The van der Waals surface area contributed by atoms with Gasteiger partial charge in [0.1, 0.15) is 0 Å². The first-order chi connectivity index (χ1) is 20.4. The molecule has 0 aliphatic heterocycles. The van der Waals surface area contributed by atoms with Gasteiger partial charge in [-0.3, -0.25) is 4.79 Å². The van der Waals surface area contributed by atoms with Crippen LogP contribution in [0.4, 0.5) is 0 Å². The van der Waals surface area contributed by atoms with E-state index in [1.54, 1.807) is 0 Å². The molecule has 0 unspecified atom stereocenters. The number of aliphatic hydroxyl groups excluding tert-OH is 1. The first-order valence-corrected chi connectivity index (χ1v) is 16.7. The van der Waals surface area contributed by atoms with Gasteiger partial charge in [0, 0.05) is 49.1 Å². The molecule has 5 heteroatoms. The molecule has 0 saturated carbocycles. The van der Waals surface area contributed by atoms with Crippen LogP contribution in [0.1, 0.15) is 90.2 Å². The van der Waals surface area contributed by atoms with Gasteiger partial charge in [-0.2, -0.15) is 0 Å². The van der Waals surface area contributed by atoms with Crippen LogP contribution in [-0.4, -0.2) is 15.9 Å². The van der Waals surface area contributed by atoms with E-state index in [2.05, 4.69) is 83.3 Å². The topological polar surface area (TPSA) is 50.2 Å². The van der Waals surface area contributed by atoms with Crippen LogP contribution in [0.25, 0.3) is 42.5 Å². The average molecular weight is 787 g/mol. The predicted octanol–water partition coefficient (Wildman–Crippen LogP) is 11.6. The van der Waals surface area contributed by atoms with Crippen molar-refractivity contribution in [2.75, 3.05) is 0 Å². The standard InChI is InChI=1S/C26H24NS.C13H24O2.Ir/c1-15-12-21-19(18-9-7-6-8-17(15)18)10-11-20-24-16(2)22(13-26(3,4)5)28-23(24)14-27-25(20)21;1-5-10(6-2)12(14)9-13(15)11(7-3)8-4;/h6-11,14H,13H2,1-5H3;9-11,14H,5-8H2,1-4H3;/q-1;;/b;12-9-;. The third kappa shape index (κ3) is 7.61. The second-order valence-electron chi connectivity index (χ2n) is 13.1. The van der Waals surface area contributed by atoms with Crippen molar-refractivity contribution in [2.24, 2.45) is 17.3 Å². The Labute approximate surface area is 281 Å². The number of allylic oxidation sites excluding steroid dienone is 2. The number of carbonyl (C=O) groups excluding carboxylic acids is 1. The fourth-order valence-corrected chi connectivity index (χ4v) is 7.64. The minimum Gasteiger partial charge on any atom is -0.512 e. The molecular formula is C39H48IrNO2S-. The van der Waals surface area contributed by atoms with Crippen molar-refractivity contribution in [3.63, 3.8) is 0 Å². The van der Waals surface area contributed by atoms with Crippen LogP contribution in [0.15, 0.2) is 54.4 Å². The maximum Gasteiger partial charge on any atom is 0.162 e. The number of rotatable bonds is 8. The molecule has 0 aliphatic carbocycles. The van der Waals surface area contributed by atoms with E-state index in [0.29, 0.717) is 0 Å². The van der Waals surface area contributed by atoms with Gasteiger partial charge in [0.15, 0.2) is 5.78 Å². The van der Waals surface area contributed by atoms with Crippen molar-refractivity contribution in [1.29, 1.82) is 0 Å². The smallest absolute Gasteiger partial charge is 0.162 e. The number of hydrogen-bond donors (Lipinski definition) is 1. The maximum absolute atomic E-state index is 11.7. The van der Waals surface area contributed by atoms with Gasteiger partial charge < -0.3 is 10.1 Å². The number of carbonyl (C=O) groups is 1. The van der Waals surface area contributed by atoms with Crippen molar-refractivity contribution in [3.8, 4) is 0 Å².